The molecule has 0 unspecified atom stereocenters. The van der Waals surface area contributed by atoms with Gasteiger partial charge >= 0.3 is 0 Å². The molecule has 120 valence electrons. The summed E-state index contributed by atoms with van der Waals surface area (Å²) < 4.78 is 0. The Bertz CT molecular complexity index is 726. The predicted molar refractivity (Wildman–Crippen MR) is 91.2 cm³/mol. The second kappa shape index (κ2) is 7.45. The van der Waals surface area contributed by atoms with Crippen LogP contribution in [0.3, 0.4) is 0 Å². The first kappa shape index (κ1) is 16.5. The molecular formula is C18H21N3O2. The Morgan fingerprint density at radius 1 is 0.913 bits per heavy atom. The molecule has 0 aromatic heterocycles. The summed E-state index contributed by atoms with van der Waals surface area (Å²) in [6.45, 7) is 5.98. The van der Waals surface area contributed by atoms with Gasteiger partial charge in [-0.3, -0.25) is 20.4 Å². The van der Waals surface area contributed by atoms with E-state index in [0.717, 1.165) is 16.8 Å². The number of amides is 2. The van der Waals surface area contributed by atoms with Crippen LogP contribution in [0.5, 0.6) is 0 Å². The molecule has 3 N–H and O–H groups in total. The Hall–Kier alpha value is -2.82. The maximum absolute atomic E-state index is 11.9. The van der Waals surface area contributed by atoms with Crippen molar-refractivity contribution in [2.75, 3.05) is 11.9 Å². The number of nitrogens with one attached hydrogen (secondary N) is 3. The maximum atomic E-state index is 11.9. The molecule has 2 rings (SSSR count). The topological polar surface area (TPSA) is 70.2 Å². The molecule has 5 heteroatoms. The zero-order valence-corrected chi connectivity index (χ0v) is 13.6. The van der Waals surface area contributed by atoms with Gasteiger partial charge in [-0.15, -0.1) is 0 Å². The van der Waals surface area contributed by atoms with E-state index in [0.29, 0.717) is 5.56 Å². The number of rotatable bonds is 4. The van der Waals surface area contributed by atoms with Crippen molar-refractivity contribution in [1.29, 1.82) is 0 Å². The highest BCUT2D eigenvalue weighted by atomic mass is 16.2. The molecule has 0 bridgehead atoms. The van der Waals surface area contributed by atoms with Gasteiger partial charge in [-0.2, -0.15) is 0 Å². The fourth-order valence-corrected chi connectivity index (χ4v) is 2.22. The highest BCUT2D eigenvalue weighted by molar-refractivity contribution is 5.95. The molecular weight excluding hydrogens is 290 g/mol. The van der Waals surface area contributed by atoms with Gasteiger partial charge in [0.2, 0.25) is 0 Å². The van der Waals surface area contributed by atoms with Gasteiger partial charge in [0.1, 0.15) is 0 Å². The van der Waals surface area contributed by atoms with Gasteiger partial charge < -0.3 is 5.32 Å². The molecule has 2 aromatic carbocycles. The summed E-state index contributed by atoms with van der Waals surface area (Å²) in [5.74, 6) is -0.653. The molecule has 0 saturated heterocycles. The van der Waals surface area contributed by atoms with Gasteiger partial charge in [0, 0.05) is 11.3 Å². The lowest BCUT2D eigenvalue weighted by Gasteiger charge is -2.11. The minimum atomic E-state index is -0.339. The number of hydrogen-bond donors (Lipinski definition) is 3. The maximum Gasteiger partial charge on any atom is 0.269 e. The van der Waals surface area contributed by atoms with Crippen LogP contribution in [-0.4, -0.2) is 18.4 Å². The number of benzene rings is 2. The molecule has 0 radical (unpaired) electrons. The summed E-state index contributed by atoms with van der Waals surface area (Å²) in [7, 11) is 0. The van der Waals surface area contributed by atoms with Crippen LogP contribution in [0.2, 0.25) is 0 Å². The van der Waals surface area contributed by atoms with Gasteiger partial charge in [-0.25, -0.2) is 0 Å². The van der Waals surface area contributed by atoms with Crippen LogP contribution in [-0.2, 0) is 4.79 Å². The van der Waals surface area contributed by atoms with Crippen LogP contribution in [0.25, 0.3) is 0 Å². The molecule has 0 spiro atoms. The zero-order valence-electron chi connectivity index (χ0n) is 13.6. The lowest BCUT2D eigenvalue weighted by Crippen LogP contribution is -2.44. The van der Waals surface area contributed by atoms with Crippen molar-refractivity contribution >= 4 is 17.5 Å². The zero-order chi connectivity index (χ0) is 16.8. The summed E-state index contributed by atoms with van der Waals surface area (Å²) in [5.41, 5.74) is 9.44. The summed E-state index contributed by atoms with van der Waals surface area (Å²) >= 11 is 0. The summed E-state index contributed by atoms with van der Waals surface area (Å²) in [4.78, 5) is 23.7. The van der Waals surface area contributed by atoms with Crippen LogP contribution in [0, 0.1) is 20.8 Å². The van der Waals surface area contributed by atoms with Crippen LogP contribution in [0.1, 0.15) is 27.0 Å². The molecule has 2 amide bonds. The molecule has 0 atom stereocenters. The second-order valence-electron chi connectivity index (χ2n) is 5.54. The molecule has 0 fully saturated rings. The van der Waals surface area contributed by atoms with Gasteiger partial charge in [0.25, 0.3) is 11.8 Å². The normalized spacial score (nSPS) is 10.0. The van der Waals surface area contributed by atoms with Crippen molar-refractivity contribution in [3.63, 3.8) is 0 Å². The number of aryl methyl sites for hydroxylation is 3. The summed E-state index contributed by atoms with van der Waals surface area (Å²) in [6.07, 6.45) is 0. The SMILES string of the molecule is Cc1cccc(C(=O)NNC(=O)CNc2ccc(C)cc2C)c1. The number of hydrogen-bond acceptors (Lipinski definition) is 3. The van der Waals surface area contributed by atoms with Gasteiger partial charge in [-0.1, -0.05) is 35.4 Å². The van der Waals surface area contributed by atoms with Crippen molar-refractivity contribution in [3.05, 3.63) is 64.7 Å². The van der Waals surface area contributed by atoms with Gasteiger partial charge in [-0.05, 0) is 44.5 Å². The minimum absolute atomic E-state index is 0.0813. The lowest BCUT2D eigenvalue weighted by molar-refractivity contribution is -0.120. The first-order chi connectivity index (χ1) is 11.0. The van der Waals surface area contributed by atoms with E-state index in [9.17, 15) is 9.59 Å². The largest absolute Gasteiger partial charge is 0.376 e. The van der Waals surface area contributed by atoms with E-state index in [1.54, 1.807) is 18.2 Å². The Labute approximate surface area is 136 Å². The van der Waals surface area contributed by atoms with Crippen LogP contribution in [0.15, 0.2) is 42.5 Å². The van der Waals surface area contributed by atoms with Gasteiger partial charge in [0.05, 0.1) is 6.54 Å². The summed E-state index contributed by atoms with van der Waals surface area (Å²) in [5, 5.41) is 3.05. The molecule has 5 nitrogen and oxygen atoms in total. The summed E-state index contributed by atoms with van der Waals surface area (Å²) in [6, 6.07) is 13.1. The third kappa shape index (κ3) is 4.85. The Balaban J connectivity index is 1.82. The Morgan fingerprint density at radius 3 is 2.35 bits per heavy atom. The van der Waals surface area contributed by atoms with Crippen molar-refractivity contribution in [2.45, 2.75) is 20.8 Å². The number of hydrazine groups is 1. The number of anilines is 1. The smallest absolute Gasteiger partial charge is 0.269 e. The predicted octanol–water partition coefficient (Wildman–Crippen LogP) is 2.48. The Morgan fingerprint density at radius 2 is 1.65 bits per heavy atom. The van der Waals surface area contributed by atoms with Crippen LogP contribution >= 0.6 is 0 Å². The molecule has 0 heterocycles. The van der Waals surface area contributed by atoms with E-state index in [-0.39, 0.29) is 18.4 Å². The monoisotopic (exact) mass is 311 g/mol. The van der Waals surface area contributed by atoms with Crippen LogP contribution in [0.4, 0.5) is 5.69 Å². The van der Waals surface area contributed by atoms with Crippen molar-refractivity contribution < 1.29 is 9.59 Å². The lowest BCUT2D eigenvalue weighted by atomic mass is 10.1. The molecule has 0 aliphatic rings. The third-order valence-corrected chi connectivity index (χ3v) is 3.42. The fraction of sp³-hybridized carbons (Fsp3) is 0.222. The standard InChI is InChI=1S/C18H21N3O2/c1-12-5-4-6-15(10-12)18(23)21-20-17(22)11-19-16-8-7-13(2)9-14(16)3/h4-10,19H,11H2,1-3H3,(H,20,22)(H,21,23). The third-order valence-electron chi connectivity index (χ3n) is 3.42. The first-order valence-electron chi connectivity index (χ1n) is 7.42. The quantitative estimate of drug-likeness (QED) is 0.760. The average molecular weight is 311 g/mol. The molecule has 0 saturated carbocycles. The second-order valence-corrected chi connectivity index (χ2v) is 5.54. The molecule has 2 aromatic rings. The molecule has 0 aliphatic heterocycles. The molecule has 0 aliphatic carbocycles. The van der Waals surface area contributed by atoms with E-state index in [4.69, 9.17) is 0 Å². The number of carbonyl (C=O) groups is 2. The molecule has 23 heavy (non-hydrogen) atoms. The van der Waals surface area contributed by atoms with Gasteiger partial charge in [0.15, 0.2) is 0 Å². The van der Waals surface area contributed by atoms with Crippen molar-refractivity contribution in [3.8, 4) is 0 Å². The minimum Gasteiger partial charge on any atom is -0.376 e. The van der Waals surface area contributed by atoms with E-state index in [2.05, 4.69) is 16.2 Å². The highest BCUT2D eigenvalue weighted by Gasteiger charge is 2.07. The van der Waals surface area contributed by atoms with E-state index in [1.165, 1.54) is 5.56 Å². The number of carbonyl (C=O) groups excluding carboxylic acids is 2. The van der Waals surface area contributed by atoms with Crippen LogP contribution < -0.4 is 16.2 Å². The highest BCUT2D eigenvalue weighted by Crippen LogP contribution is 2.15. The van der Waals surface area contributed by atoms with E-state index < -0.39 is 0 Å². The fourth-order valence-electron chi connectivity index (χ4n) is 2.22. The van der Waals surface area contributed by atoms with E-state index in [1.807, 2.05) is 45.0 Å². The van der Waals surface area contributed by atoms with Crippen molar-refractivity contribution in [1.82, 2.24) is 10.9 Å². The van der Waals surface area contributed by atoms with E-state index >= 15 is 0 Å². The Kier molecular flexibility index (Phi) is 5.36. The average Bonchev–Trinajstić information content (AvgIpc) is 2.51. The van der Waals surface area contributed by atoms with Crippen molar-refractivity contribution in [2.24, 2.45) is 0 Å². The first-order valence-corrected chi connectivity index (χ1v) is 7.42.